The molecule has 8 aromatic rings. The average molecular weight is 2010 g/mol. The predicted octanol–water partition coefficient (Wildman–Crippen LogP) is 8.13. The lowest BCUT2D eigenvalue weighted by molar-refractivity contribution is -0.144. The van der Waals surface area contributed by atoms with Gasteiger partial charge in [-0.15, -0.1) is 10.2 Å². The van der Waals surface area contributed by atoms with Crippen molar-refractivity contribution < 1.29 is 102 Å². The van der Waals surface area contributed by atoms with Crippen molar-refractivity contribution in [3.05, 3.63) is 227 Å². The molecular formula is C105H138N14O22S2. The molecule has 4 heterocycles. The van der Waals surface area contributed by atoms with Gasteiger partial charge < -0.3 is 51.6 Å². The van der Waals surface area contributed by atoms with Crippen LogP contribution in [0.4, 0.5) is 0 Å². The Hall–Kier alpha value is -12.0. The zero-order valence-corrected chi connectivity index (χ0v) is 84.8. The molecule has 6 amide bonds. The number of ketones is 6. The Labute approximate surface area is 837 Å². The highest BCUT2D eigenvalue weighted by atomic mass is 32.2. The third-order valence-electron chi connectivity index (χ3n) is 24.9. The van der Waals surface area contributed by atoms with Crippen LogP contribution in [0.15, 0.2) is 192 Å². The van der Waals surface area contributed by atoms with E-state index in [4.69, 9.17) is 17.8 Å². The molecule has 0 saturated carbocycles. The Bertz CT molecular complexity index is 5430. The molecule has 10 atom stereocenters. The smallest absolute Gasteiger partial charge is 0.297 e. The van der Waals surface area contributed by atoms with Crippen molar-refractivity contribution in [1.82, 2.24) is 71.7 Å². The van der Waals surface area contributed by atoms with Crippen LogP contribution < -0.4 is 31.9 Å². The number of ether oxygens (including phenoxy) is 2. The van der Waals surface area contributed by atoms with E-state index < -0.39 is 161 Å². The summed E-state index contributed by atoms with van der Waals surface area (Å²) in [7, 11) is -9.44. The fourth-order valence-corrected chi connectivity index (χ4v) is 19.1. The normalized spacial score (nSPS) is 15.9. The lowest BCUT2D eigenvalue weighted by Crippen LogP contribution is -2.54. The number of amides is 6. The minimum absolute atomic E-state index is 0.00913. The zero-order chi connectivity index (χ0) is 104. The maximum atomic E-state index is 14.7. The lowest BCUT2D eigenvalue weighted by Gasteiger charge is -2.30. The minimum Gasteiger partial charge on any atom is -0.380 e. The molecule has 2 aromatic heterocycles. The number of rotatable bonds is 60. The summed E-state index contributed by atoms with van der Waals surface area (Å²) in [6.07, 6.45) is 4.38. The van der Waals surface area contributed by atoms with Gasteiger partial charge in [0.05, 0.1) is 99.0 Å². The van der Waals surface area contributed by atoms with Crippen molar-refractivity contribution >= 4 is 90.4 Å². The lowest BCUT2D eigenvalue weighted by atomic mass is 9.86. The van der Waals surface area contributed by atoms with Crippen molar-refractivity contribution in [3.8, 4) is 0 Å². The van der Waals surface area contributed by atoms with Gasteiger partial charge in [-0.25, -0.2) is 9.36 Å². The van der Waals surface area contributed by atoms with Crippen LogP contribution in [0.3, 0.4) is 0 Å². The predicted molar refractivity (Wildman–Crippen MR) is 531 cm³/mol. The molecule has 2 unspecified atom stereocenters. The molecule has 2 aliphatic rings. The number of benzene rings is 6. The second kappa shape index (κ2) is 54.6. The molecule has 8 N–H and O–H groups in total. The van der Waals surface area contributed by atoms with Crippen molar-refractivity contribution in [2.45, 2.75) is 224 Å². The third kappa shape index (κ3) is 37.0. The van der Waals surface area contributed by atoms with E-state index in [-0.39, 0.29) is 143 Å². The summed E-state index contributed by atoms with van der Waals surface area (Å²) in [5.74, 6) is -11.1. The molecule has 772 valence electrons. The van der Waals surface area contributed by atoms with E-state index >= 15 is 0 Å². The summed E-state index contributed by atoms with van der Waals surface area (Å²) >= 11 is 0. The average Bonchev–Trinajstić information content (AvgIpc) is 1.78. The molecule has 0 spiro atoms. The highest BCUT2D eigenvalue weighted by molar-refractivity contribution is 7.87. The molecule has 38 heteroatoms. The summed E-state index contributed by atoms with van der Waals surface area (Å²) in [6, 6.07) is 41.4. The second-order valence-electron chi connectivity index (χ2n) is 39.3. The number of carbonyl (C=O) groups excluding carboxylic acids is 12. The highest BCUT2D eigenvalue weighted by Gasteiger charge is 2.44. The van der Waals surface area contributed by atoms with E-state index in [0.29, 0.717) is 101 Å². The number of aliphatic hydroxyl groups is 2. The van der Waals surface area contributed by atoms with Crippen LogP contribution in [0.1, 0.15) is 188 Å². The summed E-state index contributed by atoms with van der Waals surface area (Å²) in [4.78, 5) is 174. The van der Waals surface area contributed by atoms with Gasteiger partial charge in [-0.2, -0.15) is 16.8 Å². The Balaban J connectivity index is 0.679. The van der Waals surface area contributed by atoms with Gasteiger partial charge in [-0.05, 0) is 173 Å². The first-order valence-electron chi connectivity index (χ1n) is 49.0. The maximum Gasteiger partial charge on any atom is 0.297 e. The minimum atomic E-state index is -4.72. The quantitative estimate of drug-likeness (QED) is 0.0167. The van der Waals surface area contributed by atoms with Gasteiger partial charge in [0.1, 0.15) is 54.0 Å². The van der Waals surface area contributed by atoms with Gasteiger partial charge in [-0.1, -0.05) is 187 Å². The Morgan fingerprint density at radius 2 is 0.699 bits per heavy atom. The van der Waals surface area contributed by atoms with Crippen LogP contribution in [0.2, 0.25) is 0 Å². The van der Waals surface area contributed by atoms with E-state index in [1.54, 1.807) is 88.4 Å². The number of carbonyl (C=O) groups is 12. The molecule has 0 bridgehead atoms. The molecule has 6 aromatic carbocycles. The first-order valence-corrected chi connectivity index (χ1v) is 51.8. The molecule has 143 heavy (non-hydrogen) atoms. The van der Waals surface area contributed by atoms with Crippen molar-refractivity contribution in [1.29, 1.82) is 0 Å². The van der Waals surface area contributed by atoms with Crippen LogP contribution in [0.25, 0.3) is 0 Å². The maximum absolute atomic E-state index is 14.7. The molecule has 0 aliphatic carbocycles. The fraction of sp³-hybridized carbons (Fsp3) is 0.505. The zero-order valence-electron chi connectivity index (χ0n) is 83.2. The van der Waals surface area contributed by atoms with Crippen LogP contribution >= 0.6 is 0 Å². The number of aryl methyl sites for hydroxylation is 2. The first-order chi connectivity index (χ1) is 68.0. The van der Waals surface area contributed by atoms with Crippen LogP contribution in [-0.2, 0) is 131 Å². The van der Waals surface area contributed by atoms with E-state index in [1.165, 1.54) is 46.0 Å². The van der Waals surface area contributed by atoms with Crippen molar-refractivity contribution in [2.24, 2.45) is 47.3 Å². The van der Waals surface area contributed by atoms with Gasteiger partial charge in [0.2, 0.25) is 23.6 Å². The Morgan fingerprint density at radius 3 is 1.02 bits per heavy atom. The molecule has 2 aliphatic heterocycles. The number of nitrogens with zero attached hydrogens (tertiary/aromatic N) is 8. The first kappa shape index (κ1) is 113. The SMILES string of the molecule is CC(C)C[C@H](NC(=O)[C@H](CCc1ccccc1)CC(=O)CN1CCOCC1)C(=O)C[C@@H](Cc1ccccc1)C(=O)N[C@@H](CC(C)C)C(=O)C(C)(O)COS(=O)(=O)c1ccc(C(=O)NCc2cn(Cn3cc(CNC(=O)c4ccc(S(=O)(=O)OCC(C)(O)C(=O)[C@H](CC(C)C)NC(=O)[C@@H](CC(=O)[C@H](CC(C)C)NC(=O)[C@H](CCc5ccccc5)CC(=O)CN5CCOCC5)Cc5ccccc5)cc4)nn3)nn2)cc1. The molecule has 36 nitrogen and oxygen atoms in total. The topological polar surface area (TPSA) is 491 Å². The van der Waals surface area contributed by atoms with E-state index in [2.05, 4.69) is 52.5 Å². The number of hydrogen-bond donors (Lipinski definition) is 8. The van der Waals surface area contributed by atoms with E-state index in [0.717, 1.165) is 49.2 Å². The van der Waals surface area contributed by atoms with Gasteiger partial charge >= 0.3 is 0 Å². The summed E-state index contributed by atoms with van der Waals surface area (Å²) < 4.78 is 79.3. The van der Waals surface area contributed by atoms with Gasteiger partial charge in [0, 0.05) is 86.7 Å². The highest BCUT2D eigenvalue weighted by Crippen LogP contribution is 2.29. The van der Waals surface area contributed by atoms with E-state index in [1.807, 2.05) is 98.2 Å². The van der Waals surface area contributed by atoms with Crippen LogP contribution in [0.5, 0.6) is 0 Å². The third-order valence-corrected chi connectivity index (χ3v) is 27.5. The summed E-state index contributed by atoms with van der Waals surface area (Å²) in [5.41, 5.74) is -1.02. The number of morpholine rings is 2. The Kier molecular flexibility index (Phi) is 43.2. The number of hydrogen-bond acceptors (Lipinski definition) is 28. The van der Waals surface area contributed by atoms with Crippen LogP contribution in [0, 0.1) is 47.3 Å². The monoisotopic (exact) mass is 2010 g/mol. The van der Waals surface area contributed by atoms with Crippen LogP contribution in [-0.4, -0.2) is 251 Å². The number of aromatic nitrogens is 6. The molecule has 2 saturated heterocycles. The van der Waals surface area contributed by atoms with Crippen molar-refractivity contribution in [2.75, 3.05) is 78.9 Å². The van der Waals surface area contributed by atoms with Gasteiger partial charge in [-0.3, -0.25) is 75.7 Å². The van der Waals surface area contributed by atoms with Crippen molar-refractivity contribution in [3.63, 3.8) is 0 Å². The summed E-state index contributed by atoms with van der Waals surface area (Å²) in [6.45, 7) is 19.1. The van der Waals surface area contributed by atoms with Gasteiger partial charge in [0.15, 0.2) is 23.1 Å². The fourth-order valence-electron chi connectivity index (χ4n) is 17.1. The number of Topliss-reactive ketones (excluding diaryl/α,β-unsaturated/α-hetero) is 6. The summed E-state index contributed by atoms with van der Waals surface area (Å²) in [5, 5.41) is 56.9. The molecular weight excluding hydrogens is 1870 g/mol. The second-order valence-corrected chi connectivity index (χ2v) is 42.6. The number of nitrogens with one attached hydrogen (secondary N) is 6. The standard InChI is InChI=1S/C105H138N14O22S2/c1-70(2)51-90(108-100(128)80(33-31-74-23-15-11-16-24-74)57-86(120)65-116-43-47-138-48-44-116)94(122)59-82(55-76-27-19-13-20-28-76)102(130)110-92(53-72(5)6)96(124)104(9,132)67-140-142(134,135)88-39-35-78(36-40-88)98(126)106-61-84-63-118(114-112-84)69-119-64-85(113-115-119)62-107-99(127)79-37-41-89(42-38-79)143(136,137)141-68-105(10,133)97(125)93(54-73(7)8)111-103(131)83(56-77-29-21-14-22-30-77)60-95(123)91(52-71(3)4)109-101(129)81(34-32-75-25-17-12-18-26-75)58-87(121)66-117-45-49-139-50-46-117/h11-30,35-42,63-64,70-73,80-83,90-93,132-133H,31-34,43-62,65-69H2,1-10H3,(H,106,126)(H,107,127)(H,108,128)(H,109,129)(H,110,130)(H,111,131)/t80-,81-,82-,83-,90+,91+,92+,93+,104?,105?/m1/s1. The molecule has 10 rings (SSSR count). The van der Waals surface area contributed by atoms with Gasteiger partial charge in [0.25, 0.3) is 32.1 Å². The Morgan fingerprint density at radius 1 is 0.399 bits per heavy atom. The largest absolute Gasteiger partial charge is 0.380 e. The van der Waals surface area contributed by atoms with E-state index in [9.17, 15) is 84.6 Å². The molecule has 0 radical (unpaired) electrons. The molecule has 2 fully saturated rings.